The van der Waals surface area contributed by atoms with Gasteiger partial charge in [-0.2, -0.15) is 0 Å². The van der Waals surface area contributed by atoms with Gasteiger partial charge in [0.25, 0.3) is 0 Å². The number of ether oxygens (including phenoxy) is 2. The molecule has 0 aliphatic heterocycles. The molecule has 122 valence electrons. The van der Waals surface area contributed by atoms with Crippen LogP contribution in [0.4, 0.5) is 5.69 Å². The van der Waals surface area contributed by atoms with Crippen molar-refractivity contribution >= 4 is 5.69 Å². The van der Waals surface area contributed by atoms with Crippen molar-refractivity contribution in [1.29, 1.82) is 0 Å². The number of hydrogen-bond acceptors (Lipinski definition) is 3. The van der Waals surface area contributed by atoms with E-state index >= 15 is 0 Å². The topological polar surface area (TPSA) is 30.5 Å². The Morgan fingerprint density at radius 3 is 2.04 bits per heavy atom. The Balaban J connectivity index is 1.50. The van der Waals surface area contributed by atoms with Gasteiger partial charge in [-0.05, 0) is 47.5 Å². The highest BCUT2D eigenvalue weighted by atomic mass is 16.5. The normalized spacial score (nSPS) is 10.2. The van der Waals surface area contributed by atoms with E-state index in [-0.39, 0.29) is 0 Å². The summed E-state index contributed by atoms with van der Waals surface area (Å²) in [6.07, 6.45) is 0. The lowest BCUT2D eigenvalue weighted by Gasteiger charge is -2.09. The maximum atomic E-state index is 5.80. The minimum absolute atomic E-state index is 0.588. The van der Waals surface area contributed by atoms with Crippen molar-refractivity contribution < 1.29 is 9.47 Å². The molecule has 3 aromatic rings. The molecule has 3 rings (SSSR count). The maximum absolute atomic E-state index is 5.80. The van der Waals surface area contributed by atoms with Gasteiger partial charge in [-0.25, -0.2) is 0 Å². The number of rotatable bonds is 7. The average molecular weight is 319 g/mol. The van der Waals surface area contributed by atoms with Crippen molar-refractivity contribution in [2.75, 3.05) is 12.4 Å². The molecule has 0 atom stereocenters. The van der Waals surface area contributed by atoms with Crippen molar-refractivity contribution in [3.63, 3.8) is 0 Å². The molecule has 0 aliphatic carbocycles. The summed E-state index contributed by atoms with van der Waals surface area (Å²) < 4.78 is 11.0. The Bertz CT molecular complexity index is 737. The summed E-state index contributed by atoms with van der Waals surface area (Å²) in [5.74, 6) is 1.74. The second-order valence-corrected chi connectivity index (χ2v) is 5.50. The standard InChI is InChI=1S/C21H21NO2/c1-23-20-13-9-19(10-14-20)22-15-17-7-11-21(12-8-17)24-16-18-5-3-2-4-6-18/h2-14,22H,15-16H2,1H3. The Morgan fingerprint density at radius 1 is 0.708 bits per heavy atom. The predicted octanol–water partition coefficient (Wildman–Crippen LogP) is 4.89. The maximum Gasteiger partial charge on any atom is 0.119 e. The third-order valence-electron chi connectivity index (χ3n) is 3.76. The largest absolute Gasteiger partial charge is 0.497 e. The Morgan fingerprint density at radius 2 is 1.38 bits per heavy atom. The zero-order valence-electron chi connectivity index (χ0n) is 13.7. The molecule has 0 spiro atoms. The summed E-state index contributed by atoms with van der Waals surface area (Å²) in [7, 11) is 1.67. The molecule has 3 aromatic carbocycles. The monoisotopic (exact) mass is 319 g/mol. The fourth-order valence-electron chi connectivity index (χ4n) is 2.36. The summed E-state index contributed by atoms with van der Waals surface area (Å²) in [4.78, 5) is 0. The van der Waals surface area contributed by atoms with Crippen molar-refractivity contribution in [1.82, 2.24) is 0 Å². The lowest BCUT2D eigenvalue weighted by atomic mass is 10.2. The van der Waals surface area contributed by atoms with Crippen LogP contribution in [0.2, 0.25) is 0 Å². The van der Waals surface area contributed by atoms with Gasteiger partial charge in [-0.15, -0.1) is 0 Å². The molecule has 0 fully saturated rings. The minimum atomic E-state index is 0.588. The molecule has 0 unspecified atom stereocenters. The van der Waals surface area contributed by atoms with Crippen LogP contribution in [0.25, 0.3) is 0 Å². The van der Waals surface area contributed by atoms with E-state index < -0.39 is 0 Å². The van der Waals surface area contributed by atoms with Crippen molar-refractivity contribution in [2.24, 2.45) is 0 Å². The lowest BCUT2D eigenvalue weighted by molar-refractivity contribution is 0.306. The van der Waals surface area contributed by atoms with Crippen LogP contribution in [0.1, 0.15) is 11.1 Å². The van der Waals surface area contributed by atoms with E-state index in [0.717, 1.165) is 23.7 Å². The molecule has 0 aliphatic rings. The SMILES string of the molecule is COc1ccc(NCc2ccc(OCc3ccccc3)cc2)cc1. The van der Waals surface area contributed by atoms with E-state index in [1.54, 1.807) is 7.11 Å². The third-order valence-corrected chi connectivity index (χ3v) is 3.76. The Hall–Kier alpha value is -2.94. The van der Waals surface area contributed by atoms with Crippen LogP contribution in [0.3, 0.4) is 0 Å². The molecule has 3 heteroatoms. The van der Waals surface area contributed by atoms with Gasteiger partial charge in [0.2, 0.25) is 0 Å². The molecule has 0 radical (unpaired) electrons. The van der Waals surface area contributed by atoms with Gasteiger partial charge in [0.05, 0.1) is 7.11 Å². The summed E-state index contributed by atoms with van der Waals surface area (Å²) in [5, 5.41) is 3.39. The van der Waals surface area contributed by atoms with E-state index in [4.69, 9.17) is 9.47 Å². The molecule has 0 saturated carbocycles. The molecule has 24 heavy (non-hydrogen) atoms. The third kappa shape index (κ3) is 4.53. The molecule has 0 amide bonds. The van der Waals surface area contributed by atoms with Gasteiger partial charge >= 0.3 is 0 Å². The number of hydrogen-bond donors (Lipinski definition) is 1. The first-order chi connectivity index (χ1) is 11.8. The van der Waals surface area contributed by atoms with Crippen LogP contribution in [-0.2, 0) is 13.2 Å². The fraction of sp³-hybridized carbons (Fsp3) is 0.143. The Kier molecular flexibility index (Phi) is 5.36. The summed E-state index contributed by atoms with van der Waals surface area (Å²) >= 11 is 0. The van der Waals surface area contributed by atoms with E-state index in [9.17, 15) is 0 Å². The lowest BCUT2D eigenvalue weighted by Crippen LogP contribution is -2.00. The molecular weight excluding hydrogens is 298 g/mol. The zero-order chi connectivity index (χ0) is 16.6. The smallest absolute Gasteiger partial charge is 0.119 e. The van der Waals surface area contributed by atoms with Gasteiger partial charge in [-0.3, -0.25) is 0 Å². The van der Waals surface area contributed by atoms with Gasteiger partial charge in [0, 0.05) is 12.2 Å². The molecule has 0 heterocycles. The van der Waals surface area contributed by atoms with Crippen LogP contribution in [-0.4, -0.2) is 7.11 Å². The second-order valence-electron chi connectivity index (χ2n) is 5.50. The van der Waals surface area contributed by atoms with E-state index in [1.165, 1.54) is 11.1 Å². The van der Waals surface area contributed by atoms with Crippen LogP contribution in [0, 0.1) is 0 Å². The summed E-state index contributed by atoms with van der Waals surface area (Å²) in [6, 6.07) is 26.3. The number of nitrogens with one attached hydrogen (secondary N) is 1. The van der Waals surface area contributed by atoms with E-state index in [1.807, 2.05) is 54.6 Å². The highest BCUT2D eigenvalue weighted by Crippen LogP contribution is 2.18. The molecule has 1 N–H and O–H groups in total. The quantitative estimate of drug-likeness (QED) is 0.673. The molecule has 0 saturated heterocycles. The van der Waals surface area contributed by atoms with Crippen LogP contribution in [0.5, 0.6) is 11.5 Å². The summed E-state index contributed by atoms with van der Waals surface area (Å²) in [5.41, 5.74) is 3.45. The highest BCUT2D eigenvalue weighted by Gasteiger charge is 1.98. The van der Waals surface area contributed by atoms with E-state index in [2.05, 4.69) is 29.6 Å². The van der Waals surface area contributed by atoms with Gasteiger partial charge < -0.3 is 14.8 Å². The molecular formula is C21H21NO2. The van der Waals surface area contributed by atoms with Crippen molar-refractivity contribution in [3.05, 3.63) is 90.0 Å². The van der Waals surface area contributed by atoms with Crippen LogP contribution < -0.4 is 14.8 Å². The average Bonchev–Trinajstić information content (AvgIpc) is 2.67. The van der Waals surface area contributed by atoms with Gasteiger partial charge in [0.15, 0.2) is 0 Å². The number of anilines is 1. The predicted molar refractivity (Wildman–Crippen MR) is 97.5 cm³/mol. The molecule has 3 nitrogen and oxygen atoms in total. The van der Waals surface area contributed by atoms with E-state index in [0.29, 0.717) is 6.61 Å². The van der Waals surface area contributed by atoms with Crippen LogP contribution >= 0.6 is 0 Å². The highest BCUT2D eigenvalue weighted by molar-refractivity contribution is 5.47. The first kappa shape index (κ1) is 15.9. The summed E-state index contributed by atoms with van der Waals surface area (Å²) in [6.45, 7) is 1.36. The fourth-order valence-corrected chi connectivity index (χ4v) is 2.36. The van der Waals surface area contributed by atoms with Crippen LogP contribution in [0.15, 0.2) is 78.9 Å². The zero-order valence-corrected chi connectivity index (χ0v) is 13.7. The van der Waals surface area contributed by atoms with Crippen molar-refractivity contribution in [2.45, 2.75) is 13.2 Å². The minimum Gasteiger partial charge on any atom is -0.497 e. The first-order valence-corrected chi connectivity index (χ1v) is 7.97. The van der Waals surface area contributed by atoms with Crippen molar-refractivity contribution in [3.8, 4) is 11.5 Å². The number of methoxy groups -OCH3 is 1. The van der Waals surface area contributed by atoms with Gasteiger partial charge in [0.1, 0.15) is 18.1 Å². The number of benzene rings is 3. The molecule has 0 bridgehead atoms. The molecule has 0 aromatic heterocycles. The van der Waals surface area contributed by atoms with Gasteiger partial charge in [-0.1, -0.05) is 42.5 Å². The second kappa shape index (κ2) is 8.06. The Labute approximate surface area is 142 Å². The first-order valence-electron chi connectivity index (χ1n) is 7.97.